The van der Waals surface area contributed by atoms with E-state index in [0.29, 0.717) is 17.4 Å². The van der Waals surface area contributed by atoms with Crippen LogP contribution in [0.25, 0.3) is 10.4 Å². The summed E-state index contributed by atoms with van der Waals surface area (Å²) >= 11 is 1.39. The van der Waals surface area contributed by atoms with E-state index in [-0.39, 0.29) is 17.7 Å². The van der Waals surface area contributed by atoms with Gasteiger partial charge in [0.05, 0.1) is 4.88 Å². The van der Waals surface area contributed by atoms with Crippen molar-refractivity contribution in [2.75, 3.05) is 19.6 Å². The number of amides is 1. The molecule has 0 spiro atoms. The number of halogens is 1. The zero-order valence-electron chi connectivity index (χ0n) is 17.2. The third-order valence-corrected chi connectivity index (χ3v) is 7.39. The van der Waals surface area contributed by atoms with E-state index in [1.165, 1.54) is 30.2 Å². The van der Waals surface area contributed by atoms with Gasteiger partial charge in [-0.1, -0.05) is 30.3 Å². The second-order valence-electron chi connectivity index (χ2n) is 8.30. The van der Waals surface area contributed by atoms with E-state index in [1.54, 1.807) is 6.07 Å². The molecule has 3 aromatic rings. The molecule has 0 aliphatic carbocycles. The van der Waals surface area contributed by atoms with E-state index in [1.807, 2.05) is 48.5 Å². The van der Waals surface area contributed by atoms with Gasteiger partial charge < -0.3 is 15.0 Å². The Labute approximate surface area is 185 Å². The van der Waals surface area contributed by atoms with Crippen LogP contribution in [0.2, 0.25) is 0 Å². The van der Waals surface area contributed by atoms with Crippen molar-refractivity contribution in [1.29, 1.82) is 0 Å². The summed E-state index contributed by atoms with van der Waals surface area (Å²) < 4.78 is 20.2. The van der Waals surface area contributed by atoms with Crippen LogP contribution in [0.15, 0.2) is 60.7 Å². The van der Waals surface area contributed by atoms with Crippen LogP contribution in [0.4, 0.5) is 4.39 Å². The number of benzene rings is 2. The third-order valence-electron chi connectivity index (χ3n) is 6.26. The van der Waals surface area contributed by atoms with Gasteiger partial charge in [0.1, 0.15) is 6.61 Å². The smallest absolute Gasteiger partial charge is 0.261 e. The summed E-state index contributed by atoms with van der Waals surface area (Å²) in [6.07, 6.45) is 2.33. The maximum atomic E-state index is 14.6. The Balaban J connectivity index is 1.24. The fourth-order valence-corrected chi connectivity index (χ4v) is 5.40. The monoisotopic (exact) mass is 436 g/mol. The molecule has 1 N–H and O–H groups in total. The molecule has 2 aromatic carbocycles. The number of piperidine rings is 3. The number of carbonyl (C=O) groups is 1. The maximum Gasteiger partial charge on any atom is 0.261 e. The van der Waals surface area contributed by atoms with Gasteiger partial charge in [-0.25, -0.2) is 4.39 Å². The summed E-state index contributed by atoms with van der Waals surface area (Å²) in [6, 6.07) is 18.6. The zero-order valence-corrected chi connectivity index (χ0v) is 18.0. The lowest BCUT2D eigenvalue weighted by atomic mass is 9.84. The molecule has 6 heteroatoms. The maximum absolute atomic E-state index is 14.6. The lowest BCUT2D eigenvalue weighted by Crippen LogP contribution is -2.57. The van der Waals surface area contributed by atoms with Gasteiger partial charge in [-0.05, 0) is 73.3 Å². The Morgan fingerprint density at radius 2 is 1.90 bits per heavy atom. The van der Waals surface area contributed by atoms with Gasteiger partial charge in [0.15, 0.2) is 11.6 Å². The summed E-state index contributed by atoms with van der Waals surface area (Å²) in [7, 11) is 0. The van der Waals surface area contributed by atoms with Crippen LogP contribution < -0.4 is 10.1 Å². The molecule has 160 valence electrons. The van der Waals surface area contributed by atoms with E-state index in [0.717, 1.165) is 35.6 Å². The van der Waals surface area contributed by atoms with E-state index >= 15 is 0 Å². The van der Waals surface area contributed by atoms with Crippen LogP contribution >= 0.6 is 11.3 Å². The average molecular weight is 437 g/mol. The van der Waals surface area contributed by atoms with Crippen LogP contribution in [-0.4, -0.2) is 36.5 Å². The van der Waals surface area contributed by atoms with Crippen molar-refractivity contribution >= 4 is 17.2 Å². The molecule has 0 radical (unpaired) electrons. The van der Waals surface area contributed by atoms with E-state index in [4.69, 9.17) is 4.74 Å². The highest BCUT2D eigenvalue weighted by atomic mass is 32.1. The van der Waals surface area contributed by atoms with Gasteiger partial charge in [0, 0.05) is 17.5 Å². The zero-order chi connectivity index (χ0) is 21.2. The van der Waals surface area contributed by atoms with Crippen LogP contribution in [-0.2, 0) is 6.61 Å². The molecule has 2 bridgehead atoms. The Morgan fingerprint density at radius 3 is 2.61 bits per heavy atom. The van der Waals surface area contributed by atoms with Crippen molar-refractivity contribution in [3.63, 3.8) is 0 Å². The van der Waals surface area contributed by atoms with Crippen LogP contribution in [0.1, 0.15) is 28.1 Å². The number of rotatable bonds is 6. The fraction of sp³-hybridized carbons (Fsp3) is 0.320. The quantitative estimate of drug-likeness (QED) is 0.594. The minimum absolute atomic E-state index is 0.0294. The molecule has 3 saturated heterocycles. The molecule has 3 aliphatic heterocycles. The molecule has 0 unspecified atom stereocenters. The molecule has 6 rings (SSSR count). The Bertz CT molecular complexity index is 1060. The number of nitrogens with one attached hydrogen (secondary N) is 1. The lowest BCUT2D eigenvalue weighted by molar-refractivity contribution is 0.0622. The first-order chi connectivity index (χ1) is 15.2. The molecule has 0 saturated carbocycles. The molecular weight excluding hydrogens is 411 g/mol. The molecule has 4 heterocycles. The number of hydrogen-bond donors (Lipinski definition) is 1. The largest absolute Gasteiger partial charge is 0.486 e. The van der Waals surface area contributed by atoms with E-state index in [2.05, 4.69) is 10.2 Å². The molecule has 1 aromatic heterocycles. The molecule has 31 heavy (non-hydrogen) atoms. The van der Waals surface area contributed by atoms with Gasteiger partial charge >= 0.3 is 0 Å². The van der Waals surface area contributed by atoms with E-state index in [9.17, 15) is 9.18 Å². The highest BCUT2D eigenvalue weighted by Gasteiger charge is 2.35. The SMILES string of the molecule is O=C(N[C@H]1CN2CCC1CC2)c1ccc(-c2ccc(OCc3ccccc3)c(F)c2)s1. The predicted molar refractivity (Wildman–Crippen MR) is 121 cm³/mol. The average Bonchev–Trinajstić information content (AvgIpc) is 3.30. The van der Waals surface area contributed by atoms with Crippen molar-refractivity contribution in [2.45, 2.75) is 25.5 Å². The summed E-state index contributed by atoms with van der Waals surface area (Å²) in [5.41, 5.74) is 1.74. The predicted octanol–water partition coefficient (Wildman–Crippen LogP) is 4.96. The number of fused-ring (bicyclic) bond motifs is 3. The summed E-state index contributed by atoms with van der Waals surface area (Å²) in [4.78, 5) is 16.7. The van der Waals surface area contributed by atoms with E-state index < -0.39 is 5.82 Å². The van der Waals surface area contributed by atoms with Crippen molar-refractivity contribution < 1.29 is 13.9 Å². The highest BCUT2D eigenvalue weighted by molar-refractivity contribution is 7.17. The van der Waals surface area contributed by atoms with Gasteiger partial charge in [-0.2, -0.15) is 0 Å². The summed E-state index contributed by atoms with van der Waals surface area (Å²) in [5, 5.41) is 3.22. The van der Waals surface area contributed by atoms with Gasteiger partial charge in [0.2, 0.25) is 0 Å². The second-order valence-corrected chi connectivity index (χ2v) is 9.39. The van der Waals surface area contributed by atoms with Crippen molar-refractivity contribution in [3.8, 4) is 16.2 Å². The minimum atomic E-state index is -0.403. The number of hydrogen-bond acceptors (Lipinski definition) is 4. The third kappa shape index (κ3) is 4.50. The molecular formula is C25H25FN2O2S. The van der Waals surface area contributed by atoms with Crippen molar-refractivity contribution in [3.05, 3.63) is 76.9 Å². The molecule has 3 fully saturated rings. The second kappa shape index (κ2) is 8.81. The molecule has 3 aliphatic rings. The summed E-state index contributed by atoms with van der Waals surface area (Å²) in [6.45, 7) is 3.57. The Kier molecular flexibility index (Phi) is 5.74. The van der Waals surface area contributed by atoms with Crippen molar-refractivity contribution in [2.24, 2.45) is 5.92 Å². The first-order valence-electron chi connectivity index (χ1n) is 10.8. The van der Waals surface area contributed by atoms with Crippen molar-refractivity contribution in [1.82, 2.24) is 10.2 Å². The number of ether oxygens (including phenoxy) is 1. The first-order valence-corrected chi connectivity index (χ1v) is 11.6. The Morgan fingerprint density at radius 1 is 1.10 bits per heavy atom. The Hall–Kier alpha value is -2.70. The molecule has 4 nitrogen and oxygen atoms in total. The standard InChI is InChI=1S/C25H25FN2O2S/c26-20-14-19(6-7-22(20)30-16-17-4-2-1-3-5-17)23-8-9-24(31-23)25(29)27-21-15-28-12-10-18(21)11-13-28/h1-9,14,18,21H,10-13,15-16H2,(H,27,29)/t21-/m0/s1. The van der Waals surface area contributed by atoms with Crippen LogP contribution in [0.5, 0.6) is 5.75 Å². The molecule has 1 atom stereocenters. The van der Waals surface area contributed by atoms with Crippen LogP contribution in [0, 0.1) is 11.7 Å². The lowest BCUT2D eigenvalue weighted by Gasteiger charge is -2.44. The van der Waals surface area contributed by atoms with Crippen LogP contribution in [0.3, 0.4) is 0 Å². The van der Waals surface area contributed by atoms with Gasteiger partial charge in [-0.15, -0.1) is 11.3 Å². The number of thiophene rings is 1. The topological polar surface area (TPSA) is 41.6 Å². The normalized spacial score (nSPS) is 22.3. The summed E-state index contributed by atoms with van der Waals surface area (Å²) in [5.74, 6) is 0.383. The van der Waals surface area contributed by atoms with Gasteiger partial charge in [-0.3, -0.25) is 4.79 Å². The number of carbonyl (C=O) groups excluding carboxylic acids is 1. The minimum Gasteiger partial charge on any atom is -0.486 e. The highest BCUT2D eigenvalue weighted by Crippen LogP contribution is 2.32. The number of nitrogens with zero attached hydrogens (tertiary/aromatic N) is 1. The fourth-order valence-electron chi connectivity index (χ4n) is 4.49. The van der Waals surface area contributed by atoms with Gasteiger partial charge in [0.25, 0.3) is 5.91 Å². The molecule has 1 amide bonds. The first kappa shape index (κ1) is 20.2.